The molecule has 0 bridgehead atoms. The number of nitrogens with two attached hydrogens (primary N) is 1. The zero-order valence-electron chi connectivity index (χ0n) is 7.88. The molecule has 3 heteroatoms. The number of methoxy groups -OCH3 is 1. The van der Waals surface area contributed by atoms with Crippen molar-refractivity contribution in [1.29, 1.82) is 0 Å². The van der Waals surface area contributed by atoms with Crippen LogP contribution in [0.3, 0.4) is 0 Å². The summed E-state index contributed by atoms with van der Waals surface area (Å²) in [6.07, 6.45) is 0.943. The maximum absolute atomic E-state index is 5.89. The minimum Gasteiger partial charge on any atom is -0.496 e. The van der Waals surface area contributed by atoms with Crippen LogP contribution in [-0.2, 0) is 0 Å². The SMILES string of the molecule is CCC(N)c1ccc(OC)c(Br)c1. The van der Waals surface area contributed by atoms with Crippen LogP contribution in [0.25, 0.3) is 0 Å². The van der Waals surface area contributed by atoms with E-state index in [1.165, 1.54) is 0 Å². The van der Waals surface area contributed by atoms with Crippen LogP contribution in [0, 0.1) is 0 Å². The molecule has 0 radical (unpaired) electrons. The summed E-state index contributed by atoms with van der Waals surface area (Å²) in [6, 6.07) is 6.04. The van der Waals surface area contributed by atoms with Crippen LogP contribution in [0.4, 0.5) is 0 Å². The maximum atomic E-state index is 5.89. The first-order chi connectivity index (χ1) is 6.19. The topological polar surface area (TPSA) is 35.2 Å². The van der Waals surface area contributed by atoms with Crippen molar-refractivity contribution in [3.05, 3.63) is 28.2 Å². The Morgan fingerprint density at radius 1 is 1.54 bits per heavy atom. The van der Waals surface area contributed by atoms with Crippen molar-refractivity contribution in [3.63, 3.8) is 0 Å². The Hall–Kier alpha value is -0.540. The minimum atomic E-state index is 0.113. The van der Waals surface area contributed by atoms with E-state index in [1.54, 1.807) is 7.11 Å². The van der Waals surface area contributed by atoms with Crippen LogP contribution in [0.5, 0.6) is 5.75 Å². The number of benzene rings is 1. The fourth-order valence-electron chi connectivity index (χ4n) is 1.15. The lowest BCUT2D eigenvalue weighted by atomic mass is 10.1. The third-order valence-corrected chi connectivity index (χ3v) is 2.66. The summed E-state index contributed by atoms with van der Waals surface area (Å²) in [5.74, 6) is 0.840. The lowest BCUT2D eigenvalue weighted by Crippen LogP contribution is -2.08. The third kappa shape index (κ3) is 2.45. The fourth-order valence-corrected chi connectivity index (χ4v) is 1.71. The lowest BCUT2D eigenvalue weighted by Gasteiger charge is -2.11. The zero-order valence-corrected chi connectivity index (χ0v) is 9.47. The Balaban J connectivity index is 2.95. The van der Waals surface area contributed by atoms with Crippen molar-refractivity contribution in [2.45, 2.75) is 19.4 Å². The number of halogens is 1. The minimum absolute atomic E-state index is 0.113. The maximum Gasteiger partial charge on any atom is 0.133 e. The van der Waals surface area contributed by atoms with E-state index in [2.05, 4.69) is 22.9 Å². The summed E-state index contributed by atoms with van der Waals surface area (Å²) in [7, 11) is 1.65. The molecule has 0 spiro atoms. The number of ether oxygens (including phenoxy) is 1. The Morgan fingerprint density at radius 2 is 2.23 bits per heavy atom. The van der Waals surface area contributed by atoms with Gasteiger partial charge in [-0.3, -0.25) is 0 Å². The molecule has 0 fully saturated rings. The molecule has 0 saturated carbocycles. The monoisotopic (exact) mass is 243 g/mol. The summed E-state index contributed by atoms with van der Waals surface area (Å²) >= 11 is 3.42. The van der Waals surface area contributed by atoms with Crippen LogP contribution >= 0.6 is 15.9 Å². The van der Waals surface area contributed by atoms with E-state index in [0.29, 0.717) is 0 Å². The van der Waals surface area contributed by atoms with Crippen molar-refractivity contribution in [3.8, 4) is 5.75 Å². The van der Waals surface area contributed by atoms with Crippen molar-refractivity contribution < 1.29 is 4.74 Å². The second kappa shape index (κ2) is 4.63. The third-order valence-electron chi connectivity index (χ3n) is 2.04. The van der Waals surface area contributed by atoms with Gasteiger partial charge in [-0.15, -0.1) is 0 Å². The molecule has 0 heterocycles. The Labute approximate surface area is 87.2 Å². The van der Waals surface area contributed by atoms with Gasteiger partial charge in [0.05, 0.1) is 11.6 Å². The van der Waals surface area contributed by atoms with Crippen molar-refractivity contribution in [2.24, 2.45) is 5.73 Å². The summed E-state index contributed by atoms with van der Waals surface area (Å²) in [6.45, 7) is 2.07. The number of hydrogen-bond acceptors (Lipinski definition) is 2. The van der Waals surface area contributed by atoms with Gasteiger partial charge in [-0.1, -0.05) is 13.0 Å². The highest BCUT2D eigenvalue weighted by Crippen LogP contribution is 2.27. The smallest absolute Gasteiger partial charge is 0.133 e. The van der Waals surface area contributed by atoms with Crippen molar-refractivity contribution in [1.82, 2.24) is 0 Å². The average Bonchev–Trinajstić information content (AvgIpc) is 2.16. The normalized spacial score (nSPS) is 12.6. The quantitative estimate of drug-likeness (QED) is 0.887. The lowest BCUT2D eigenvalue weighted by molar-refractivity contribution is 0.412. The molecule has 0 aromatic heterocycles. The van der Waals surface area contributed by atoms with Crippen LogP contribution in [0.2, 0.25) is 0 Å². The molecule has 0 amide bonds. The molecular weight excluding hydrogens is 230 g/mol. The van der Waals surface area contributed by atoms with Gasteiger partial charge in [-0.25, -0.2) is 0 Å². The molecule has 72 valence electrons. The molecule has 0 saturated heterocycles. The van der Waals surface area contributed by atoms with Gasteiger partial charge in [0.1, 0.15) is 5.75 Å². The van der Waals surface area contributed by atoms with E-state index in [-0.39, 0.29) is 6.04 Å². The van der Waals surface area contributed by atoms with E-state index >= 15 is 0 Å². The average molecular weight is 244 g/mol. The summed E-state index contributed by atoms with van der Waals surface area (Å²) in [4.78, 5) is 0. The number of rotatable bonds is 3. The molecule has 0 aliphatic heterocycles. The summed E-state index contributed by atoms with van der Waals surface area (Å²) in [5.41, 5.74) is 7.03. The van der Waals surface area contributed by atoms with Gasteiger partial charge in [0.15, 0.2) is 0 Å². The molecule has 1 unspecified atom stereocenters. The van der Waals surface area contributed by atoms with Crippen LogP contribution in [0.1, 0.15) is 24.9 Å². The first-order valence-electron chi connectivity index (χ1n) is 4.28. The van der Waals surface area contributed by atoms with Crippen LogP contribution in [0.15, 0.2) is 22.7 Å². The Kier molecular flexibility index (Phi) is 3.75. The highest BCUT2D eigenvalue weighted by Gasteiger charge is 2.06. The molecule has 1 rings (SSSR count). The van der Waals surface area contributed by atoms with Gasteiger partial charge < -0.3 is 10.5 Å². The Morgan fingerprint density at radius 3 is 2.69 bits per heavy atom. The molecular formula is C10H14BrNO. The Bertz CT molecular complexity index is 288. The van der Waals surface area contributed by atoms with Gasteiger partial charge in [-0.05, 0) is 40.0 Å². The van der Waals surface area contributed by atoms with E-state index < -0.39 is 0 Å². The zero-order chi connectivity index (χ0) is 9.84. The van der Waals surface area contributed by atoms with Crippen LogP contribution < -0.4 is 10.5 Å². The van der Waals surface area contributed by atoms with Gasteiger partial charge in [0, 0.05) is 6.04 Å². The largest absolute Gasteiger partial charge is 0.496 e. The molecule has 0 aliphatic rings. The van der Waals surface area contributed by atoms with E-state index in [1.807, 2.05) is 18.2 Å². The summed E-state index contributed by atoms with van der Waals surface area (Å²) in [5, 5.41) is 0. The predicted octanol–water partition coefficient (Wildman–Crippen LogP) is 2.87. The first-order valence-corrected chi connectivity index (χ1v) is 5.07. The first kappa shape index (κ1) is 10.5. The number of hydrogen-bond donors (Lipinski definition) is 1. The highest BCUT2D eigenvalue weighted by atomic mass is 79.9. The second-order valence-electron chi connectivity index (χ2n) is 2.91. The summed E-state index contributed by atoms with van der Waals surface area (Å²) < 4.78 is 6.08. The molecule has 1 aromatic rings. The molecule has 1 aromatic carbocycles. The molecule has 1 atom stereocenters. The van der Waals surface area contributed by atoms with Gasteiger partial charge in [0.25, 0.3) is 0 Å². The van der Waals surface area contributed by atoms with E-state index in [9.17, 15) is 0 Å². The predicted molar refractivity (Wildman–Crippen MR) is 57.9 cm³/mol. The van der Waals surface area contributed by atoms with Gasteiger partial charge in [0.2, 0.25) is 0 Å². The fraction of sp³-hybridized carbons (Fsp3) is 0.400. The van der Waals surface area contributed by atoms with E-state index in [4.69, 9.17) is 10.5 Å². The standard InChI is InChI=1S/C10H14BrNO/c1-3-9(12)7-4-5-10(13-2)8(11)6-7/h4-6,9H,3,12H2,1-2H3. The second-order valence-corrected chi connectivity index (χ2v) is 3.76. The molecule has 2 nitrogen and oxygen atoms in total. The highest BCUT2D eigenvalue weighted by molar-refractivity contribution is 9.10. The molecule has 13 heavy (non-hydrogen) atoms. The van der Waals surface area contributed by atoms with E-state index in [0.717, 1.165) is 22.2 Å². The molecule has 2 N–H and O–H groups in total. The van der Waals surface area contributed by atoms with Crippen molar-refractivity contribution in [2.75, 3.05) is 7.11 Å². The van der Waals surface area contributed by atoms with Crippen molar-refractivity contribution >= 4 is 15.9 Å². The molecule has 0 aliphatic carbocycles. The van der Waals surface area contributed by atoms with Gasteiger partial charge >= 0.3 is 0 Å². The van der Waals surface area contributed by atoms with Crippen LogP contribution in [-0.4, -0.2) is 7.11 Å². The van der Waals surface area contributed by atoms with Gasteiger partial charge in [-0.2, -0.15) is 0 Å².